The number of carbonyl (C=O) groups is 1. The van der Waals surface area contributed by atoms with Gasteiger partial charge in [0.15, 0.2) is 0 Å². The largest absolute Gasteiger partial charge is 0.355 e. The summed E-state index contributed by atoms with van der Waals surface area (Å²) in [6.45, 7) is 6.61. The predicted octanol–water partition coefficient (Wildman–Crippen LogP) is 0.0539. The molecule has 1 atom stereocenters. The zero-order valence-electron chi connectivity index (χ0n) is 9.88. The van der Waals surface area contributed by atoms with Gasteiger partial charge in [-0.25, -0.2) is 0 Å². The fourth-order valence-corrected chi connectivity index (χ4v) is 1.91. The number of rotatable bonds is 6. The molecule has 15 heavy (non-hydrogen) atoms. The molecule has 1 unspecified atom stereocenters. The molecule has 1 amide bonds. The topological polar surface area (TPSA) is 44.4 Å². The summed E-state index contributed by atoms with van der Waals surface area (Å²) in [4.78, 5) is 13.6. The van der Waals surface area contributed by atoms with Gasteiger partial charge in [0, 0.05) is 13.1 Å². The third-order valence-electron chi connectivity index (χ3n) is 2.78. The van der Waals surface area contributed by atoms with Gasteiger partial charge >= 0.3 is 0 Å². The molecule has 2 N–H and O–H groups in total. The van der Waals surface area contributed by atoms with Crippen molar-refractivity contribution < 1.29 is 4.79 Å². The van der Waals surface area contributed by atoms with E-state index in [9.17, 15) is 4.79 Å². The Labute approximate surface area is 92.4 Å². The Hall–Kier alpha value is -0.610. The molecule has 1 saturated heterocycles. The molecule has 0 spiro atoms. The highest BCUT2D eigenvalue weighted by atomic mass is 16.1. The zero-order valence-corrected chi connectivity index (χ0v) is 9.88. The van der Waals surface area contributed by atoms with Crippen molar-refractivity contribution in [1.82, 2.24) is 15.5 Å². The molecule has 4 nitrogen and oxygen atoms in total. The average molecular weight is 213 g/mol. The van der Waals surface area contributed by atoms with Gasteiger partial charge in [0.05, 0.1) is 6.54 Å². The molecule has 0 aromatic carbocycles. The van der Waals surface area contributed by atoms with Gasteiger partial charge in [0.25, 0.3) is 0 Å². The molecule has 1 heterocycles. The van der Waals surface area contributed by atoms with Crippen LogP contribution in [0.5, 0.6) is 0 Å². The Balaban J connectivity index is 1.98. The third-order valence-corrected chi connectivity index (χ3v) is 2.78. The number of hydrogen-bond acceptors (Lipinski definition) is 3. The fraction of sp³-hybridized carbons (Fsp3) is 0.909. The third kappa shape index (κ3) is 5.14. The van der Waals surface area contributed by atoms with Crippen LogP contribution in [0.2, 0.25) is 0 Å². The van der Waals surface area contributed by atoms with E-state index in [1.807, 2.05) is 0 Å². The summed E-state index contributed by atoms with van der Waals surface area (Å²) in [6.07, 6.45) is 2.25. The van der Waals surface area contributed by atoms with Crippen molar-refractivity contribution in [2.45, 2.75) is 19.8 Å². The van der Waals surface area contributed by atoms with Crippen molar-refractivity contribution in [2.24, 2.45) is 5.92 Å². The smallest absolute Gasteiger partial charge is 0.233 e. The number of nitrogens with one attached hydrogen (secondary N) is 2. The standard InChI is InChI=1S/C11H23N3O/c1-3-5-13-11(15)8-12-7-10-4-6-14(2)9-10/h10,12H,3-9H2,1-2H3,(H,13,15). The molecule has 0 aromatic heterocycles. The Morgan fingerprint density at radius 3 is 2.93 bits per heavy atom. The quantitative estimate of drug-likeness (QED) is 0.655. The van der Waals surface area contributed by atoms with E-state index in [4.69, 9.17) is 0 Å². The Morgan fingerprint density at radius 1 is 1.53 bits per heavy atom. The van der Waals surface area contributed by atoms with Crippen molar-refractivity contribution in [3.63, 3.8) is 0 Å². The van der Waals surface area contributed by atoms with Gasteiger partial charge in [0.2, 0.25) is 5.91 Å². The van der Waals surface area contributed by atoms with Crippen molar-refractivity contribution in [1.29, 1.82) is 0 Å². The average Bonchev–Trinajstić information content (AvgIpc) is 2.61. The number of likely N-dealkylation sites (tertiary alicyclic amines) is 1. The van der Waals surface area contributed by atoms with Crippen molar-refractivity contribution in [2.75, 3.05) is 39.8 Å². The second-order valence-corrected chi connectivity index (χ2v) is 4.40. The molecule has 0 bridgehead atoms. The van der Waals surface area contributed by atoms with Crippen molar-refractivity contribution >= 4 is 5.91 Å². The lowest BCUT2D eigenvalue weighted by molar-refractivity contribution is -0.120. The Kier molecular flexibility index (Phi) is 5.65. The minimum atomic E-state index is 0.114. The highest BCUT2D eigenvalue weighted by molar-refractivity contribution is 5.77. The summed E-state index contributed by atoms with van der Waals surface area (Å²) >= 11 is 0. The number of carbonyl (C=O) groups excluding carboxylic acids is 1. The van der Waals surface area contributed by atoms with E-state index in [2.05, 4.69) is 29.5 Å². The van der Waals surface area contributed by atoms with E-state index in [1.165, 1.54) is 13.0 Å². The van der Waals surface area contributed by atoms with Crippen molar-refractivity contribution in [3.8, 4) is 0 Å². The molecule has 0 aliphatic carbocycles. The molecular weight excluding hydrogens is 190 g/mol. The summed E-state index contributed by atoms with van der Waals surface area (Å²) in [5.74, 6) is 0.831. The molecule has 0 radical (unpaired) electrons. The highest BCUT2D eigenvalue weighted by Crippen LogP contribution is 2.12. The Bertz CT molecular complexity index is 196. The van der Waals surface area contributed by atoms with Gasteiger partial charge in [0.1, 0.15) is 0 Å². The zero-order chi connectivity index (χ0) is 11.1. The first-order valence-electron chi connectivity index (χ1n) is 5.88. The first-order valence-corrected chi connectivity index (χ1v) is 5.88. The van der Waals surface area contributed by atoms with Gasteiger partial charge < -0.3 is 15.5 Å². The summed E-state index contributed by atoms with van der Waals surface area (Å²) < 4.78 is 0. The second-order valence-electron chi connectivity index (χ2n) is 4.40. The van der Waals surface area contributed by atoms with Crippen LogP contribution in [0.1, 0.15) is 19.8 Å². The molecule has 88 valence electrons. The number of amides is 1. The second kappa shape index (κ2) is 6.80. The highest BCUT2D eigenvalue weighted by Gasteiger charge is 2.18. The van der Waals surface area contributed by atoms with Crippen LogP contribution < -0.4 is 10.6 Å². The lowest BCUT2D eigenvalue weighted by Gasteiger charge is -2.11. The maximum absolute atomic E-state index is 11.3. The molecule has 4 heteroatoms. The number of nitrogens with zero attached hydrogens (tertiary/aromatic N) is 1. The van der Waals surface area contributed by atoms with E-state index in [-0.39, 0.29) is 5.91 Å². The van der Waals surface area contributed by atoms with Crippen LogP contribution in [-0.2, 0) is 4.79 Å². The first-order chi connectivity index (χ1) is 7.22. The molecule has 0 aromatic rings. The lowest BCUT2D eigenvalue weighted by Crippen LogP contribution is -2.36. The van der Waals surface area contributed by atoms with Gasteiger partial charge in [-0.15, -0.1) is 0 Å². The van der Waals surface area contributed by atoms with Gasteiger partial charge in [-0.05, 0) is 38.9 Å². The summed E-state index contributed by atoms with van der Waals surface area (Å²) in [5, 5.41) is 6.07. The van der Waals surface area contributed by atoms with E-state index >= 15 is 0 Å². The summed E-state index contributed by atoms with van der Waals surface area (Å²) in [6, 6.07) is 0. The van der Waals surface area contributed by atoms with E-state index < -0.39 is 0 Å². The molecule has 0 saturated carbocycles. The van der Waals surface area contributed by atoms with Gasteiger partial charge in [-0.3, -0.25) is 4.79 Å². The number of hydrogen-bond donors (Lipinski definition) is 2. The Morgan fingerprint density at radius 2 is 2.33 bits per heavy atom. The van der Waals surface area contributed by atoms with Crippen LogP contribution >= 0.6 is 0 Å². The van der Waals surface area contributed by atoms with Crippen LogP contribution in [0.3, 0.4) is 0 Å². The molecular formula is C11H23N3O. The van der Waals surface area contributed by atoms with Gasteiger partial charge in [-0.1, -0.05) is 6.92 Å². The van der Waals surface area contributed by atoms with Crippen LogP contribution in [-0.4, -0.2) is 50.6 Å². The maximum atomic E-state index is 11.3. The van der Waals surface area contributed by atoms with Crippen LogP contribution in [0.4, 0.5) is 0 Å². The monoisotopic (exact) mass is 213 g/mol. The minimum Gasteiger partial charge on any atom is -0.355 e. The summed E-state index contributed by atoms with van der Waals surface area (Å²) in [5.41, 5.74) is 0. The van der Waals surface area contributed by atoms with E-state index in [0.717, 1.165) is 26.1 Å². The lowest BCUT2D eigenvalue weighted by atomic mass is 10.1. The molecule has 1 rings (SSSR count). The minimum absolute atomic E-state index is 0.114. The fourth-order valence-electron chi connectivity index (χ4n) is 1.91. The molecule has 1 aliphatic rings. The normalized spacial score (nSPS) is 21.9. The molecule has 1 fully saturated rings. The van der Waals surface area contributed by atoms with E-state index in [0.29, 0.717) is 12.5 Å². The van der Waals surface area contributed by atoms with Crippen LogP contribution in [0.25, 0.3) is 0 Å². The predicted molar refractivity (Wildman–Crippen MR) is 61.8 cm³/mol. The van der Waals surface area contributed by atoms with E-state index in [1.54, 1.807) is 0 Å². The maximum Gasteiger partial charge on any atom is 0.233 e. The first kappa shape index (κ1) is 12.5. The summed E-state index contributed by atoms with van der Waals surface area (Å²) in [7, 11) is 2.15. The van der Waals surface area contributed by atoms with Crippen molar-refractivity contribution in [3.05, 3.63) is 0 Å². The van der Waals surface area contributed by atoms with Crippen LogP contribution in [0.15, 0.2) is 0 Å². The van der Waals surface area contributed by atoms with Crippen LogP contribution in [0, 0.1) is 5.92 Å². The molecule has 1 aliphatic heterocycles. The van der Waals surface area contributed by atoms with Gasteiger partial charge in [-0.2, -0.15) is 0 Å². The SMILES string of the molecule is CCCNC(=O)CNCC1CCN(C)C1.